The van der Waals surface area contributed by atoms with Crippen molar-refractivity contribution in [1.29, 1.82) is 0 Å². The van der Waals surface area contributed by atoms with Crippen LogP contribution in [0.4, 0.5) is 0 Å². The van der Waals surface area contributed by atoms with Crippen molar-refractivity contribution in [2.75, 3.05) is 6.61 Å². The average molecular weight is 369 g/mol. The van der Waals surface area contributed by atoms with E-state index >= 15 is 0 Å². The van der Waals surface area contributed by atoms with Crippen LogP contribution in [0, 0.1) is 0 Å². The van der Waals surface area contributed by atoms with E-state index in [1.165, 1.54) is 12.1 Å². The van der Waals surface area contributed by atoms with Gasteiger partial charge >= 0.3 is 5.97 Å². The molecule has 1 atom stereocenters. The smallest absolute Gasteiger partial charge is 0.326 e. The van der Waals surface area contributed by atoms with Crippen molar-refractivity contribution in [3.05, 3.63) is 59.2 Å². The summed E-state index contributed by atoms with van der Waals surface area (Å²) in [5, 5.41) is 21.0. The average Bonchev–Trinajstić information content (AvgIpc) is 3.01. The van der Waals surface area contributed by atoms with E-state index in [0.717, 1.165) is 5.56 Å². The second kappa shape index (κ2) is 7.90. The summed E-state index contributed by atoms with van der Waals surface area (Å²) in [6.07, 6.45) is 1.28. The zero-order chi connectivity index (χ0) is 19.4. The molecule has 1 amide bonds. The molecule has 27 heavy (non-hydrogen) atoms. The van der Waals surface area contributed by atoms with Crippen molar-refractivity contribution in [3.63, 3.8) is 0 Å². The molecule has 0 saturated carbocycles. The van der Waals surface area contributed by atoms with Crippen molar-refractivity contribution < 1.29 is 29.3 Å². The Hall–Kier alpha value is -3.35. The standard InChI is InChI=1S/C20H19NO6/c22-14-5-1-12(2-6-14)9-17(20(25)26)21-19(24)11-27-15-7-3-13-4-8-18(23)16(13)10-15/h1-3,5-7,10,17,22H,4,8-9,11H2,(H,21,24)(H,25,26)/t17-/m0/s1. The number of carboxylic acid groups (broad SMARTS) is 1. The number of phenolic OH excluding ortho intramolecular Hbond substituents is 1. The van der Waals surface area contributed by atoms with Crippen molar-refractivity contribution in [3.8, 4) is 11.5 Å². The van der Waals surface area contributed by atoms with Gasteiger partial charge in [0, 0.05) is 18.4 Å². The van der Waals surface area contributed by atoms with Gasteiger partial charge in [0.1, 0.15) is 17.5 Å². The van der Waals surface area contributed by atoms with Crippen molar-refractivity contribution >= 4 is 17.7 Å². The molecule has 7 heteroatoms. The van der Waals surface area contributed by atoms with Crippen molar-refractivity contribution in [2.45, 2.75) is 25.3 Å². The number of aryl methyl sites for hydroxylation is 1. The van der Waals surface area contributed by atoms with Crippen LogP contribution in [0.2, 0.25) is 0 Å². The number of carbonyl (C=O) groups excluding carboxylic acids is 2. The molecule has 0 fully saturated rings. The van der Waals surface area contributed by atoms with Crippen LogP contribution >= 0.6 is 0 Å². The van der Waals surface area contributed by atoms with Gasteiger partial charge in [-0.2, -0.15) is 0 Å². The lowest BCUT2D eigenvalue weighted by Gasteiger charge is -2.15. The summed E-state index contributed by atoms with van der Waals surface area (Å²) in [6, 6.07) is 10.1. The fourth-order valence-electron chi connectivity index (χ4n) is 2.96. The zero-order valence-corrected chi connectivity index (χ0v) is 14.5. The number of carbonyl (C=O) groups is 3. The third kappa shape index (κ3) is 4.63. The van der Waals surface area contributed by atoms with E-state index < -0.39 is 17.9 Å². The predicted octanol–water partition coefficient (Wildman–Crippen LogP) is 1.71. The molecule has 0 aliphatic heterocycles. The molecule has 0 bridgehead atoms. The summed E-state index contributed by atoms with van der Waals surface area (Å²) in [5.41, 5.74) is 2.25. The highest BCUT2D eigenvalue weighted by Gasteiger charge is 2.22. The van der Waals surface area contributed by atoms with Gasteiger partial charge in [0.05, 0.1) is 0 Å². The number of aromatic hydroxyl groups is 1. The lowest BCUT2D eigenvalue weighted by Crippen LogP contribution is -2.44. The molecule has 2 aromatic rings. The summed E-state index contributed by atoms with van der Waals surface area (Å²) in [5.74, 6) is -1.22. The second-order valence-electron chi connectivity index (χ2n) is 6.36. The lowest BCUT2D eigenvalue weighted by molar-refractivity contribution is -0.142. The maximum atomic E-state index is 12.1. The molecule has 0 spiro atoms. The van der Waals surface area contributed by atoms with Gasteiger partial charge in [0.25, 0.3) is 5.91 Å². The highest BCUT2D eigenvalue weighted by molar-refractivity contribution is 6.00. The summed E-state index contributed by atoms with van der Waals surface area (Å²) < 4.78 is 5.40. The van der Waals surface area contributed by atoms with E-state index in [1.54, 1.807) is 30.3 Å². The Morgan fingerprint density at radius 2 is 1.85 bits per heavy atom. The minimum Gasteiger partial charge on any atom is -0.508 e. The molecular formula is C20H19NO6. The monoisotopic (exact) mass is 369 g/mol. The number of carboxylic acids is 1. The predicted molar refractivity (Wildman–Crippen MR) is 96.0 cm³/mol. The van der Waals surface area contributed by atoms with E-state index in [9.17, 15) is 24.6 Å². The van der Waals surface area contributed by atoms with E-state index in [-0.39, 0.29) is 24.6 Å². The van der Waals surface area contributed by atoms with Crippen molar-refractivity contribution in [1.82, 2.24) is 5.32 Å². The first-order chi connectivity index (χ1) is 12.9. The first-order valence-corrected chi connectivity index (χ1v) is 8.51. The Labute approximate surface area is 155 Å². The molecule has 0 saturated heterocycles. The van der Waals surface area contributed by atoms with Gasteiger partial charge in [-0.1, -0.05) is 18.2 Å². The number of ether oxygens (including phenoxy) is 1. The molecule has 1 aliphatic rings. The number of hydrogen-bond donors (Lipinski definition) is 3. The maximum Gasteiger partial charge on any atom is 0.326 e. The fourth-order valence-corrected chi connectivity index (χ4v) is 2.96. The maximum absolute atomic E-state index is 12.1. The molecule has 0 radical (unpaired) electrons. The van der Waals surface area contributed by atoms with Gasteiger partial charge in [-0.05, 0) is 41.8 Å². The van der Waals surface area contributed by atoms with Crippen LogP contribution in [-0.4, -0.2) is 40.5 Å². The molecule has 1 aliphatic carbocycles. The number of Topliss-reactive ketones (excluding diaryl/α,β-unsaturated/α-hetero) is 1. The number of rotatable bonds is 7. The minimum atomic E-state index is -1.17. The number of ketones is 1. The lowest BCUT2D eigenvalue weighted by atomic mass is 10.1. The minimum absolute atomic E-state index is 0.0553. The summed E-state index contributed by atoms with van der Waals surface area (Å²) in [6.45, 7) is -0.355. The van der Waals surface area contributed by atoms with Crippen LogP contribution in [0.3, 0.4) is 0 Å². The van der Waals surface area contributed by atoms with Gasteiger partial charge in [-0.3, -0.25) is 9.59 Å². The first kappa shape index (κ1) is 18.4. The summed E-state index contributed by atoms with van der Waals surface area (Å²) in [4.78, 5) is 35.2. The van der Waals surface area contributed by atoms with E-state index in [1.807, 2.05) is 0 Å². The third-order valence-electron chi connectivity index (χ3n) is 4.38. The SMILES string of the molecule is O=C(COc1ccc2c(c1)C(=O)CC2)N[C@@H](Cc1ccc(O)cc1)C(=O)O. The Kier molecular flexibility index (Phi) is 5.40. The van der Waals surface area contributed by atoms with E-state index in [2.05, 4.69) is 5.32 Å². The number of hydrogen-bond acceptors (Lipinski definition) is 5. The van der Waals surface area contributed by atoms with Crippen LogP contribution in [0.5, 0.6) is 11.5 Å². The van der Waals surface area contributed by atoms with Crippen LogP contribution < -0.4 is 10.1 Å². The fraction of sp³-hybridized carbons (Fsp3) is 0.250. The van der Waals surface area contributed by atoms with Crippen LogP contribution in [0.25, 0.3) is 0 Å². The molecule has 7 nitrogen and oxygen atoms in total. The molecule has 0 aromatic heterocycles. The van der Waals surface area contributed by atoms with Crippen LogP contribution in [0.15, 0.2) is 42.5 Å². The van der Waals surface area contributed by atoms with Crippen molar-refractivity contribution in [2.24, 2.45) is 0 Å². The quantitative estimate of drug-likeness (QED) is 0.685. The van der Waals surface area contributed by atoms with E-state index in [4.69, 9.17) is 4.74 Å². The molecule has 3 N–H and O–H groups in total. The van der Waals surface area contributed by atoms with Crippen LogP contribution in [-0.2, 0) is 22.4 Å². The summed E-state index contributed by atoms with van der Waals surface area (Å²) >= 11 is 0. The number of aliphatic carboxylic acids is 1. The van der Waals surface area contributed by atoms with Gasteiger partial charge in [0.2, 0.25) is 0 Å². The number of phenols is 1. The largest absolute Gasteiger partial charge is 0.508 e. The second-order valence-corrected chi connectivity index (χ2v) is 6.36. The first-order valence-electron chi connectivity index (χ1n) is 8.51. The topological polar surface area (TPSA) is 113 Å². The van der Waals surface area contributed by atoms with Gasteiger partial charge in [-0.15, -0.1) is 0 Å². The number of benzene rings is 2. The Balaban J connectivity index is 1.56. The highest BCUT2D eigenvalue weighted by atomic mass is 16.5. The van der Waals surface area contributed by atoms with Crippen LogP contribution in [0.1, 0.15) is 27.9 Å². The molecular weight excluding hydrogens is 350 g/mol. The molecule has 0 unspecified atom stereocenters. The summed E-state index contributed by atoms with van der Waals surface area (Å²) in [7, 11) is 0. The number of amides is 1. The third-order valence-corrected chi connectivity index (χ3v) is 4.38. The number of fused-ring (bicyclic) bond motifs is 1. The normalized spacial score (nSPS) is 13.7. The molecule has 3 rings (SSSR count). The highest BCUT2D eigenvalue weighted by Crippen LogP contribution is 2.26. The van der Waals surface area contributed by atoms with E-state index in [0.29, 0.717) is 29.7 Å². The Bertz CT molecular complexity index is 875. The Morgan fingerprint density at radius 3 is 2.56 bits per heavy atom. The zero-order valence-electron chi connectivity index (χ0n) is 14.5. The molecule has 2 aromatic carbocycles. The number of nitrogens with one attached hydrogen (secondary N) is 1. The van der Waals surface area contributed by atoms with Gasteiger partial charge in [-0.25, -0.2) is 4.79 Å². The Morgan fingerprint density at radius 1 is 1.11 bits per heavy atom. The van der Waals surface area contributed by atoms with Gasteiger partial charge in [0.15, 0.2) is 12.4 Å². The van der Waals surface area contributed by atoms with Gasteiger partial charge < -0.3 is 20.3 Å². The molecule has 140 valence electrons. The molecule has 0 heterocycles.